The lowest BCUT2D eigenvalue weighted by molar-refractivity contribution is -0.147. The lowest BCUT2D eigenvalue weighted by Gasteiger charge is -2.61. The smallest absolute Gasteiger partial charge is 0.303 e. The molecule has 0 radical (unpaired) electrons. The third-order valence-electron chi connectivity index (χ3n) is 12.4. The molecule has 4 rings (SSSR count). The number of aliphatic hydroxyl groups is 1. The molecule has 5 heteroatoms. The number of carboxylic acid groups (broad SMARTS) is 1. The van der Waals surface area contributed by atoms with Crippen LogP contribution >= 0.6 is 0 Å². The van der Waals surface area contributed by atoms with Gasteiger partial charge in [-0.05, 0) is 123 Å². The molecule has 4 aliphatic rings. The fraction of sp³-hybridized carbons (Fsp3) is 0.812. The second-order valence-corrected chi connectivity index (χ2v) is 13.9. The first kappa shape index (κ1) is 28.4. The van der Waals surface area contributed by atoms with Gasteiger partial charge in [0.1, 0.15) is 0 Å². The van der Waals surface area contributed by atoms with E-state index in [4.69, 9.17) is 4.74 Å². The minimum Gasteiger partial charge on any atom is -0.481 e. The highest BCUT2D eigenvalue weighted by atomic mass is 16.5. The van der Waals surface area contributed by atoms with Crippen molar-refractivity contribution in [3.05, 3.63) is 24.3 Å². The van der Waals surface area contributed by atoms with Gasteiger partial charge in [0.2, 0.25) is 0 Å². The minimum atomic E-state index is -0.683. The van der Waals surface area contributed by atoms with Gasteiger partial charge in [0.15, 0.2) is 0 Å². The van der Waals surface area contributed by atoms with Gasteiger partial charge < -0.3 is 14.9 Å². The Balaban J connectivity index is 1.62. The largest absolute Gasteiger partial charge is 0.481 e. The van der Waals surface area contributed by atoms with Gasteiger partial charge in [-0.1, -0.05) is 38.2 Å². The van der Waals surface area contributed by atoms with E-state index in [1.165, 1.54) is 31.8 Å². The summed E-state index contributed by atoms with van der Waals surface area (Å²) in [6.07, 6.45) is 10.1. The van der Waals surface area contributed by atoms with Crippen LogP contribution in [0.1, 0.15) is 105 Å². The Kier molecular flexibility index (Phi) is 7.55. The van der Waals surface area contributed by atoms with E-state index in [9.17, 15) is 19.8 Å². The summed E-state index contributed by atoms with van der Waals surface area (Å²) in [4.78, 5) is 23.4. The van der Waals surface area contributed by atoms with Crippen molar-refractivity contribution in [3.63, 3.8) is 0 Å². The van der Waals surface area contributed by atoms with E-state index in [1.54, 1.807) is 0 Å². The molecule has 208 valence electrons. The van der Waals surface area contributed by atoms with Crippen LogP contribution < -0.4 is 0 Å². The van der Waals surface area contributed by atoms with Crippen LogP contribution in [0.2, 0.25) is 0 Å². The first-order valence-electron chi connectivity index (χ1n) is 14.6. The van der Waals surface area contributed by atoms with Gasteiger partial charge in [-0.2, -0.15) is 0 Å². The molecule has 9 atom stereocenters. The van der Waals surface area contributed by atoms with Crippen molar-refractivity contribution in [1.82, 2.24) is 0 Å². The Morgan fingerprint density at radius 1 is 1.00 bits per heavy atom. The maximum atomic E-state index is 11.8. The number of rotatable bonds is 11. The Hall–Kier alpha value is -1.62. The molecule has 0 aliphatic heterocycles. The first-order chi connectivity index (χ1) is 17.2. The van der Waals surface area contributed by atoms with E-state index in [0.29, 0.717) is 30.8 Å². The SMILES string of the molecule is C=C(C)[C@@H](O)CC[C@@H](COC(C)=O)[C@H]1CC[C@@]2(C)[C@@H]3CC[C@@H](C(=C)C)[C@@]4(CCC(=O)O)C[C@@]34CC[C@]12C. The molecule has 0 heterocycles. The third-order valence-corrected chi connectivity index (χ3v) is 12.4. The van der Waals surface area contributed by atoms with Gasteiger partial charge in [0.25, 0.3) is 0 Å². The van der Waals surface area contributed by atoms with Gasteiger partial charge in [-0.25, -0.2) is 0 Å². The maximum Gasteiger partial charge on any atom is 0.303 e. The zero-order valence-electron chi connectivity index (χ0n) is 23.9. The van der Waals surface area contributed by atoms with E-state index in [-0.39, 0.29) is 40.0 Å². The lowest BCUT2D eigenvalue weighted by Crippen LogP contribution is -2.54. The maximum absolute atomic E-state index is 11.8. The average molecular weight is 515 g/mol. The fourth-order valence-electron chi connectivity index (χ4n) is 10.4. The number of ether oxygens (including phenoxy) is 1. The Bertz CT molecular complexity index is 955. The minimum absolute atomic E-state index is 0.102. The highest BCUT2D eigenvalue weighted by Crippen LogP contribution is 2.87. The van der Waals surface area contributed by atoms with E-state index in [2.05, 4.69) is 33.9 Å². The predicted molar refractivity (Wildman–Crippen MR) is 146 cm³/mol. The van der Waals surface area contributed by atoms with Crippen LogP contribution in [0.15, 0.2) is 24.3 Å². The van der Waals surface area contributed by atoms with Crippen molar-refractivity contribution in [2.75, 3.05) is 6.61 Å². The molecule has 4 fully saturated rings. The van der Waals surface area contributed by atoms with Crippen LogP contribution in [-0.4, -0.2) is 34.9 Å². The zero-order chi connectivity index (χ0) is 27.4. The number of aliphatic hydroxyl groups excluding tert-OH is 1. The summed E-state index contributed by atoms with van der Waals surface area (Å²) in [6, 6.07) is 0. The monoisotopic (exact) mass is 514 g/mol. The molecular formula is C32H50O5. The molecule has 0 unspecified atom stereocenters. The Labute approximate surface area is 224 Å². The number of fused-ring (bicyclic) bond motifs is 2. The third kappa shape index (κ3) is 4.41. The second kappa shape index (κ2) is 9.84. The van der Waals surface area contributed by atoms with Crippen molar-refractivity contribution in [2.24, 2.45) is 45.3 Å². The predicted octanol–water partition coefficient (Wildman–Crippen LogP) is 6.94. The summed E-state index contributed by atoms with van der Waals surface area (Å²) in [5.41, 5.74) is 2.69. The van der Waals surface area contributed by atoms with Crippen molar-refractivity contribution >= 4 is 11.9 Å². The van der Waals surface area contributed by atoms with E-state index in [1.807, 2.05) is 6.92 Å². The van der Waals surface area contributed by atoms with Crippen LogP contribution in [0.5, 0.6) is 0 Å². The number of hydrogen-bond acceptors (Lipinski definition) is 4. The van der Waals surface area contributed by atoms with Gasteiger partial charge in [-0.15, -0.1) is 0 Å². The highest BCUT2D eigenvalue weighted by molar-refractivity contribution is 5.67. The van der Waals surface area contributed by atoms with Crippen molar-refractivity contribution < 1.29 is 24.5 Å². The summed E-state index contributed by atoms with van der Waals surface area (Å²) < 4.78 is 5.60. The summed E-state index contributed by atoms with van der Waals surface area (Å²) in [5, 5.41) is 20.0. The normalized spacial score (nSPS) is 41.5. The molecule has 4 aliphatic carbocycles. The van der Waals surface area contributed by atoms with Crippen molar-refractivity contribution in [1.29, 1.82) is 0 Å². The molecule has 0 bridgehead atoms. The number of carbonyl (C=O) groups excluding carboxylic acids is 1. The number of esters is 1. The quantitative estimate of drug-likeness (QED) is 0.230. The molecule has 0 saturated heterocycles. The van der Waals surface area contributed by atoms with Gasteiger partial charge in [0, 0.05) is 13.3 Å². The summed E-state index contributed by atoms with van der Waals surface area (Å²) in [5.74, 6) is 0.784. The Morgan fingerprint density at radius 2 is 1.70 bits per heavy atom. The van der Waals surface area contributed by atoms with Crippen LogP contribution in [0.3, 0.4) is 0 Å². The summed E-state index contributed by atoms with van der Waals surface area (Å²) in [6.45, 7) is 19.2. The van der Waals surface area contributed by atoms with Crippen LogP contribution in [0.4, 0.5) is 0 Å². The van der Waals surface area contributed by atoms with Gasteiger partial charge >= 0.3 is 11.9 Å². The summed E-state index contributed by atoms with van der Waals surface area (Å²) in [7, 11) is 0. The number of hydrogen-bond donors (Lipinski definition) is 2. The van der Waals surface area contributed by atoms with Crippen molar-refractivity contribution in [2.45, 2.75) is 111 Å². The second-order valence-electron chi connectivity index (χ2n) is 13.9. The topological polar surface area (TPSA) is 83.8 Å². The zero-order valence-corrected chi connectivity index (χ0v) is 23.9. The molecule has 5 nitrogen and oxygen atoms in total. The van der Waals surface area contributed by atoms with E-state index >= 15 is 0 Å². The number of carboxylic acids is 1. The van der Waals surface area contributed by atoms with Crippen LogP contribution in [0.25, 0.3) is 0 Å². The molecule has 4 saturated carbocycles. The molecule has 37 heavy (non-hydrogen) atoms. The summed E-state index contributed by atoms with van der Waals surface area (Å²) >= 11 is 0. The molecule has 0 aromatic carbocycles. The van der Waals surface area contributed by atoms with Gasteiger partial charge in [0.05, 0.1) is 12.7 Å². The van der Waals surface area contributed by atoms with Crippen molar-refractivity contribution in [3.8, 4) is 0 Å². The molecule has 0 aromatic heterocycles. The van der Waals surface area contributed by atoms with Gasteiger partial charge in [-0.3, -0.25) is 9.59 Å². The molecule has 1 spiro atoms. The number of carbonyl (C=O) groups is 2. The molecular weight excluding hydrogens is 464 g/mol. The standard InChI is InChI=1S/C32H50O5/c1-20(2)24-9-11-27-30(7)14-12-25(23(18-37-22(5)33)8-10-26(34)21(3)4)29(30,6)16-17-32(27)19-31(24,32)15-13-28(35)36/h23-27,34H,1,3,8-19H2,2,4-7H3,(H,35,36)/t23-,24-,25+,26-,27-,29+,30-,31+,32-/m0/s1. The van der Waals surface area contributed by atoms with E-state index in [0.717, 1.165) is 44.1 Å². The number of aliphatic carboxylic acids is 1. The van der Waals surface area contributed by atoms with Crippen LogP contribution in [-0.2, 0) is 14.3 Å². The lowest BCUT2D eigenvalue weighted by atomic mass is 9.43. The first-order valence-corrected chi connectivity index (χ1v) is 14.6. The number of allylic oxidation sites excluding steroid dienone is 1. The Morgan fingerprint density at radius 3 is 2.30 bits per heavy atom. The fourth-order valence-corrected chi connectivity index (χ4v) is 10.4. The van der Waals surface area contributed by atoms with Crippen LogP contribution in [0, 0.1) is 45.3 Å². The highest BCUT2D eigenvalue weighted by Gasteiger charge is 2.80. The van der Waals surface area contributed by atoms with E-state index < -0.39 is 12.1 Å². The average Bonchev–Trinajstić information content (AvgIpc) is 3.41. The molecule has 0 aromatic rings. The molecule has 2 N–H and O–H groups in total. The molecule has 0 amide bonds.